The van der Waals surface area contributed by atoms with Gasteiger partial charge < -0.3 is 4.57 Å². The number of aryl methyl sites for hydroxylation is 1. The molecule has 176 valence electrons. The van der Waals surface area contributed by atoms with Crippen molar-refractivity contribution in [1.29, 1.82) is 0 Å². The van der Waals surface area contributed by atoms with E-state index in [0.717, 1.165) is 61.9 Å². The second-order valence-electron chi connectivity index (χ2n) is 8.95. The second-order valence-corrected chi connectivity index (χ2v) is 12.5. The van der Waals surface area contributed by atoms with Crippen LogP contribution in [0.3, 0.4) is 0 Å². The lowest BCUT2D eigenvalue weighted by molar-refractivity contribution is 0.0944. The Labute approximate surface area is 215 Å². The first-order chi connectivity index (χ1) is 16.4. The standard InChI is InChI=1S/C26H26BrN3O2S2/c1-3-22(31)17-7-8-21-19(13-17)29-26(20-14-33-15(2)28-20)30(21)18-6-4-5-16(11-18)12-23(32)24-9-10-25(27)34-24/h7-10,13-14,16,18H,3-6,11-12H2,1-2H3. The maximum absolute atomic E-state index is 12.9. The number of rotatable bonds is 7. The summed E-state index contributed by atoms with van der Waals surface area (Å²) in [6.07, 6.45) is 5.20. The number of halogens is 1. The Morgan fingerprint density at radius 1 is 1.15 bits per heavy atom. The Kier molecular flexibility index (Phi) is 6.82. The summed E-state index contributed by atoms with van der Waals surface area (Å²) in [5.41, 5.74) is 3.45. The van der Waals surface area contributed by atoms with Crippen molar-refractivity contribution < 1.29 is 9.59 Å². The van der Waals surface area contributed by atoms with E-state index in [9.17, 15) is 9.59 Å². The first kappa shape index (κ1) is 23.6. The van der Waals surface area contributed by atoms with E-state index in [4.69, 9.17) is 9.97 Å². The van der Waals surface area contributed by atoms with Crippen LogP contribution in [0.25, 0.3) is 22.6 Å². The van der Waals surface area contributed by atoms with Gasteiger partial charge in [-0.1, -0.05) is 13.3 Å². The summed E-state index contributed by atoms with van der Waals surface area (Å²) in [7, 11) is 0. The zero-order valence-electron chi connectivity index (χ0n) is 19.2. The van der Waals surface area contributed by atoms with Gasteiger partial charge in [0.1, 0.15) is 5.69 Å². The van der Waals surface area contributed by atoms with Crippen LogP contribution in [0.1, 0.15) is 76.5 Å². The molecule has 0 N–H and O–H groups in total. The van der Waals surface area contributed by atoms with Crippen molar-refractivity contribution >= 4 is 61.2 Å². The van der Waals surface area contributed by atoms with Gasteiger partial charge in [0, 0.05) is 29.8 Å². The van der Waals surface area contributed by atoms with Crippen molar-refractivity contribution in [2.24, 2.45) is 5.92 Å². The number of benzene rings is 1. The molecule has 0 saturated heterocycles. The fourth-order valence-electron chi connectivity index (χ4n) is 5.00. The summed E-state index contributed by atoms with van der Waals surface area (Å²) in [4.78, 5) is 35.7. The number of thiazole rings is 1. The van der Waals surface area contributed by atoms with E-state index in [-0.39, 0.29) is 17.6 Å². The van der Waals surface area contributed by atoms with E-state index < -0.39 is 0 Å². The highest BCUT2D eigenvalue weighted by molar-refractivity contribution is 9.11. The maximum Gasteiger partial charge on any atom is 0.173 e. The van der Waals surface area contributed by atoms with Crippen LogP contribution in [-0.4, -0.2) is 26.1 Å². The van der Waals surface area contributed by atoms with Crippen LogP contribution in [-0.2, 0) is 0 Å². The van der Waals surface area contributed by atoms with Gasteiger partial charge >= 0.3 is 0 Å². The van der Waals surface area contributed by atoms with Crippen LogP contribution in [0.4, 0.5) is 0 Å². The number of Topliss-reactive ketones (excluding diaryl/α,β-unsaturated/α-hetero) is 2. The van der Waals surface area contributed by atoms with Crippen LogP contribution in [0.2, 0.25) is 0 Å². The SMILES string of the molecule is CCC(=O)c1ccc2c(c1)nc(-c1csc(C)n1)n2C1CCCC(CC(=O)c2ccc(Br)s2)C1. The molecule has 1 fully saturated rings. The summed E-state index contributed by atoms with van der Waals surface area (Å²) < 4.78 is 3.31. The molecule has 1 saturated carbocycles. The molecule has 0 amide bonds. The predicted molar refractivity (Wildman–Crippen MR) is 142 cm³/mol. The summed E-state index contributed by atoms with van der Waals surface area (Å²) in [6.45, 7) is 3.89. The first-order valence-electron chi connectivity index (χ1n) is 11.7. The largest absolute Gasteiger partial charge is 0.320 e. The Morgan fingerprint density at radius 2 is 2.00 bits per heavy atom. The van der Waals surface area contributed by atoms with Crippen LogP contribution < -0.4 is 0 Å². The minimum atomic E-state index is 0.124. The van der Waals surface area contributed by atoms with Crippen LogP contribution in [0, 0.1) is 12.8 Å². The predicted octanol–water partition coefficient (Wildman–Crippen LogP) is 7.89. The van der Waals surface area contributed by atoms with Gasteiger partial charge in [-0.3, -0.25) is 9.59 Å². The number of aromatic nitrogens is 3. The lowest BCUT2D eigenvalue weighted by atomic mass is 9.82. The summed E-state index contributed by atoms with van der Waals surface area (Å²) in [5, 5.41) is 3.06. The van der Waals surface area contributed by atoms with E-state index in [1.807, 2.05) is 44.2 Å². The fraction of sp³-hybridized carbons (Fsp3) is 0.385. The molecule has 1 aromatic carbocycles. The highest BCUT2D eigenvalue weighted by Gasteiger charge is 2.29. The van der Waals surface area contributed by atoms with Crippen molar-refractivity contribution in [3.05, 3.63) is 54.9 Å². The number of hydrogen-bond acceptors (Lipinski definition) is 6. The summed E-state index contributed by atoms with van der Waals surface area (Å²) in [5.74, 6) is 1.56. The molecule has 0 aliphatic heterocycles. The average Bonchev–Trinajstić information content (AvgIpc) is 3.56. The average molecular weight is 557 g/mol. The molecule has 5 rings (SSSR count). The molecule has 2 unspecified atom stereocenters. The van der Waals surface area contributed by atoms with Crippen molar-refractivity contribution in [1.82, 2.24) is 14.5 Å². The zero-order valence-corrected chi connectivity index (χ0v) is 22.4. The van der Waals surface area contributed by atoms with E-state index in [0.29, 0.717) is 24.3 Å². The van der Waals surface area contributed by atoms with Crippen molar-refractivity contribution in [2.75, 3.05) is 0 Å². The third-order valence-electron chi connectivity index (χ3n) is 6.62. The van der Waals surface area contributed by atoms with Gasteiger partial charge in [0.15, 0.2) is 17.4 Å². The highest BCUT2D eigenvalue weighted by atomic mass is 79.9. The number of ketones is 2. The molecule has 3 heterocycles. The first-order valence-corrected chi connectivity index (χ1v) is 14.2. The molecule has 34 heavy (non-hydrogen) atoms. The molecule has 3 aromatic heterocycles. The molecule has 2 atom stereocenters. The molecule has 1 aliphatic carbocycles. The third kappa shape index (κ3) is 4.68. The molecule has 0 radical (unpaired) electrons. The van der Waals surface area contributed by atoms with Gasteiger partial charge in [0.25, 0.3) is 0 Å². The van der Waals surface area contributed by atoms with E-state index in [2.05, 4.69) is 25.9 Å². The lowest BCUT2D eigenvalue weighted by Crippen LogP contribution is -2.22. The number of thiophene rings is 1. The normalized spacial score (nSPS) is 18.4. The number of carbonyl (C=O) groups excluding carboxylic acids is 2. The Morgan fingerprint density at radius 3 is 2.71 bits per heavy atom. The topological polar surface area (TPSA) is 64.8 Å². The van der Waals surface area contributed by atoms with Crippen molar-refractivity contribution in [3.8, 4) is 11.5 Å². The van der Waals surface area contributed by atoms with Crippen LogP contribution in [0.15, 0.2) is 39.5 Å². The number of carbonyl (C=O) groups is 2. The quantitative estimate of drug-likeness (QED) is 0.217. The van der Waals surface area contributed by atoms with Crippen LogP contribution in [0.5, 0.6) is 0 Å². The minimum absolute atomic E-state index is 0.124. The Hall–Kier alpha value is -2.16. The number of fused-ring (bicyclic) bond motifs is 1. The summed E-state index contributed by atoms with van der Waals surface area (Å²) >= 11 is 6.59. The van der Waals surface area contributed by atoms with Crippen molar-refractivity contribution in [3.63, 3.8) is 0 Å². The van der Waals surface area contributed by atoms with Gasteiger partial charge in [-0.25, -0.2) is 9.97 Å². The molecular weight excluding hydrogens is 530 g/mol. The highest BCUT2D eigenvalue weighted by Crippen LogP contribution is 2.40. The van der Waals surface area contributed by atoms with Gasteiger partial charge in [-0.15, -0.1) is 22.7 Å². The van der Waals surface area contributed by atoms with Gasteiger partial charge in [-0.2, -0.15) is 0 Å². The molecule has 0 bridgehead atoms. The second kappa shape index (κ2) is 9.84. The Bertz CT molecular complexity index is 1370. The van der Waals surface area contributed by atoms with E-state index in [1.165, 1.54) is 11.3 Å². The maximum atomic E-state index is 12.9. The zero-order chi connectivity index (χ0) is 23.8. The number of hydrogen-bond donors (Lipinski definition) is 0. The number of nitrogens with zero attached hydrogens (tertiary/aromatic N) is 3. The van der Waals surface area contributed by atoms with Gasteiger partial charge in [0.05, 0.1) is 24.7 Å². The van der Waals surface area contributed by atoms with Gasteiger partial charge in [-0.05, 0) is 78.4 Å². The van der Waals surface area contributed by atoms with E-state index >= 15 is 0 Å². The molecule has 0 spiro atoms. The third-order valence-corrected chi connectivity index (χ3v) is 9.06. The fourth-order valence-corrected chi connectivity index (χ4v) is 6.93. The van der Waals surface area contributed by atoms with Crippen LogP contribution >= 0.6 is 38.6 Å². The van der Waals surface area contributed by atoms with Gasteiger partial charge in [0.2, 0.25) is 0 Å². The molecule has 8 heteroatoms. The molecule has 5 nitrogen and oxygen atoms in total. The number of imidazole rings is 1. The van der Waals surface area contributed by atoms with E-state index in [1.54, 1.807) is 11.3 Å². The summed E-state index contributed by atoms with van der Waals surface area (Å²) in [6, 6.07) is 9.97. The minimum Gasteiger partial charge on any atom is -0.320 e. The molecule has 4 aromatic rings. The van der Waals surface area contributed by atoms with Crippen molar-refractivity contribution in [2.45, 2.75) is 58.4 Å². The monoisotopic (exact) mass is 555 g/mol. The smallest absolute Gasteiger partial charge is 0.173 e. The molecule has 1 aliphatic rings. The molecular formula is C26H26BrN3O2S2. The Balaban J connectivity index is 1.49. The lowest BCUT2D eigenvalue weighted by Gasteiger charge is -2.31.